The fourth-order valence-corrected chi connectivity index (χ4v) is 4.67. The van der Waals surface area contributed by atoms with E-state index < -0.39 is 15.4 Å². The summed E-state index contributed by atoms with van der Waals surface area (Å²) in [6.07, 6.45) is 1.52. The highest BCUT2D eigenvalue weighted by Crippen LogP contribution is 2.31. The zero-order valence-corrected chi connectivity index (χ0v) is 11.5. The number of rotatable bonds is 3. The largest absolute Gasteiger partial charge is 0.367 e. The van der Waals surface area contributed by atoms with Crippen LogP contribution in [0.25, 0.3) is 0 Å². The first-order valence-electron chi connectivity index (χ1n) is 6.18. The Balaban J connectivity index is 2.33. The number of anilines is 1. The zero-order valence-electron chi connectivity index (χ0n) is 10.7. The highest BCUT2D eigenvalue weighted by Gasteiger charge is 2.41. The number of nitrogens with two attached hydrogens (primary N) is 1. The maximum Gasteiger partial charge on any atom is 0.152 e. The molecule has 2 rings (SSSR count). The van der Waals surface area contributed by atoms with E-state index in [4.69, 9.17) is 5.73 Å². The van der Waals surface area contributed by atoms with Crippen LogP contribution in [-0.4, -0.2) is 39.1 Å². The molecule has 1 unspecified atom stereocenters. The molecule has 0 aromatic heterocycles. The van der Waals surface area contributed by atoms with Crippen LogP contribution in [0, 0.1) is 0 Å². The third-order valence-electron chi connectivity index (χ3n) is 3.82. The molecule has 0 radical (unpaired) electrons. The quantitative estimate of drug-likeness (QED) is 0.889. The van der Waals surface area contributed by atoms with Crippen molar-refractivity contribution in [2.24, 2.45) is 5.73 Å². The fourth-order valence-electron chi connectivity index (χ4n) is 2.66. The van der Waals surface area contributed by atoms with Crippen molar-refractivity contribution < 1.29 is 8.42 Å². The molecule has 0 spiro atoms. The van der Waals surface area contributed by atoms with Crippen LogP contribution < -0.4 is 10.6 Å². The molecule has 2 N–H and O–H groups in total. The van der Waals surface area contributed by atoms with Crippen molar-refractivity contribution >= 4 is 15.5 Å². The lowest BCUT2D eigenvalue weighted by Gasteiger charge is -2.44. The van der Waals surface area contributed by atoms with Gasteiger partial charge in [-0.3, -0.25) is 0 Å². The number of hydrogen-bond acceptors (Lipinski definition) is 4. The van der Waals surface area contributed by atoms with Crippen LogP contribution in [0.5, 0.6) is 0 Å². The predicted molar refractivity (Wildman–Crippen MR) is 74.5 cm³/mol. The topological polar surface area (TPSA) is 63.4 Å². The number of hydrogen-bond donors (Lipinski definition) is 1. The van der Waals surface area contributed by atoms with Crippen molar-refractivity contribution in [2.75, 3.05) is 30.0 Å². The van der Waals surface area contributed by atoms with Gasteiger partial charge in [0.15, 0.2) is 9.84 Å². The van der Waals surface area contributed by atoms with Crippen LogP contribution >= 0.6 is 0 Å². The van der Waals surface area contributed by atoms with Crippen molar-refractivity contribution in [1.82, 2.24) is 0 Å². The van der Waals surface area contributed by atoms with Crippen LogP contribution in [0.3, 0.4) is 0 Å². The minimum absolute atomic E-state index is 0.155. The molecule has 100 valence electrons. The molecule has 0 saturated carbocycles. The molecule has 1 heterocycles. The first-order chi connectivity index (χ1) is 8.49. The molecule has 1 aliphatic heterocycles. The van der Waals surface area contributed by atoms with Gasteiger partial charge in [-0.15, -0.1) is 0 Å². The lowest BCUT2D eigenvalue weighted by atomic mass is 9.93. The van der Waals surface area contributed by atoms with Crippen molar-refractivity contribution in [3.8, 4) is 0 Å². The van der Waals surface area contributed by atoms with Gasteiger partial charge >= 0.3 is 0 Å². The molecule has 1 aromatic rings. The Bertz CT molecular complexity index is 501. The van der Waals surface area contributed by atoms with Gasteiger partial charge in [-0.25, -0.2) is 8.42 Å². The summed E-state index contributed by atoms with van der Waals surface area (Å²) in [5.74, 6) is 0.444. The summed E-state index contributed by atoms with van der Waals surface area (Å²) in [4.78, 5) is 2.03. The van der Waals surface area contributed by atoms with Gasteiger partial charge in [0, 0.05) is 19.3 Å². The molecule has 0 bridgehead atoms. The van der Waals surface area contributed by atoms with Crippen LogP contribution in [-0.2, 0) is 9.84 Å². The molecule has 1 fully saturated rings. The highest BCUT2D eigenvalue weighted by molar-refractivity contribution is 7.91. The molecule has 5 heteroatoms. The van der Waals surface area contributed by atoms with Crippen LogP contribution in [0.2, 0.25) is 0 Å². The summed E-state index contributed by atoms with van der Waals surface area (Å²) in [5, 5.41) is 0. The van der Waals surface area contributed by atoms with Gasteiger partial charge < -0.3 is 10.6 Å². The van der Waals surface area contributed by atoms with Crippen LogP contribution in [0.1, 0.15) is 12.8 Å². The van der Waals surface area contributed by atoms with Crippen molar-refractivity contribution in [3.05, 3.63) is 30.3 Å². The molecule has 18 heavy (non-hydrogen) atoms. The number of likely N-dealkylation sites (N-methyl/N-ethyl adjacent to an activating group) is 1. The number of sulfone groups is 1. The molecular formula is C13H20N2O2S. The predicted octanol–water partition coefficient (Wildman–Crippen LogP) is 1.03. The maximum atomic E-state index is 11.9. The average molecular weight is 268 g/mol. The normalized spacial score (nSPS) is 26.8. The third-order valence-corrected chi connectivity index (χ3v) is 5.71. The zero-order chi connectivity index (χ0) is 13.2. The van der Waals surface area contributed by atoms with E-state index >= 15 is 0 Å². The second-order valence-electron chi connectivity index (χ2n) is 5.02. The number of para-hydroxylation sites is 1. The van der Waals surface area contributed by atoms with E-state index in [1.807, 2.05) is 42.3 Å². The molecule has 4 nitrogen and oxygen atoms in total. The molecule has 1 aliphatic rings. The molecule has 1 atom stereocenters. The van der Waals surface area contributed by atoms with E-state index in [2.05, 4.69) is 0 Å². The SMILES string of the molecule is CN(c1ccccc1)C1(CN)CCCS(=O)(=O)C1. The van der Waals surface area contributed by atoms with Gasteiger partial charge in [-0.2, -0.15) is 0 Å². The second kappa shape index (κ2) is 4.90. The Morgan fingerprint density at radius 3 is 2.56 bits per heavy atom. The fraction of sp³-hybridized carbons (Fsp3) is 0.538. The Labute approximate surface area is 109 Å². The molecule has 0 amide bonds. The Hall–Kier alpha value is -1.07. The van der Waals surface area contributed by atoms with Gasteiger partial charge in [0.2, 0.25) is 0 Å². The Morgan fingerprint density at radius 2 is 2.00 bits per heavy atom. The number of nitrogens with zero attached hydrogens (tertiary/aromatic N) is 1. The number of benzene rings is 1. The van der Waals surface area contributed by atoms with Gasteiger partial charge in [0.25, 0.3) is 0 Å². The van der Waals surface area contributed by atoms with E-state index in [1.165, 1.54) is 0 Å². The van der Waals surface area contributed by atoms with E-state index in [0.29, 0.717) is 13.0 Å². The summed E-state index contributed by atoms with van der Waals surface area (Å²) < 4.78 is 23.8. The van der Waals surface area contributed by atoms with Crippen molar-refractivity contribution in [1.29, 1.82) is 0 Å². The molecule has 0 aliphatic carbocycles. The Morgan fingerprint density at radius 1 is 1.33 bits per heavy atom. The summed E-state index contributed by atoms with van der Waals surface area (Å²) >= 11 is 0. The van der Waals surface area contributed by atoms with Gasteiger partial charge in [0.05, 0.1) is 17.0 Å². The lowest BCUT2D eigenvalue weighted by molar-refractivity contribution is 0.398. The second-order valence-corrected chi connectivity index (χ2v) is 7.20. The molecular weight excluding hydrogens is 248 g/mol. The van der Waals surface area contributed by atoms with Crippen LogP contribution in [0.15, 0.2) is 30.3 Å². The average Bonchev–Trinajstić information content (AvgIpc) is 2.37. The first-order valence-corrected chi connectivity index (χ1v) is 8.01. The van der Waals surface area contributed by atoms with E-state index in [1.54, 1.807) is 0 Å². The molecule has 1 saturated heterocycles. The highest BCUT2D eigenvalue weighted by atomic mass is 32.2. The van der Waals surface area contributed by atoms with Gasteiger partial charge in [0.1, 0.15) is 0 Å². The minimum Gasteiger partial charge on any atom is -0.367 e. The third kappa shape index (κ3) is 2.52. The van der Waals surface area contributed by atoms with Gasteiger partial charge in [-0.1, -0.05) is 18.2 Å². The smallest absolute Gasteiger partial charge is 0.152 e. The standard InChI is InChI=1S/C13H20N2O2S/c1-15(12-6-3-2-4-7-12)13(10-14)8-5-9-18(16,17)11-13/h2-4,6-7H,5,8-11,14H2,1H3. The summed E-state index contributed by atoms with van der Waals surface area (Å²) in [6.45, 7) is 0.359. The first kappa shape index (κ1) is 13.4. The van der Waals surface area contributed by atoms with E-state index in [0.717, 1.165) is 12.1 Å². The molecule has 1 aromatic carbocycles. The summed E-state index contributed by atoms with van der Waals surface area (Å²) in [7, 11) is -1.04. The van der Waals surface area contributed by atoms with Gasteiger partial charge in [-0.05, 0) is 25.0 Å². The van der Waals surface area contributed by atoms with E-state index in [-0.39, 0.29) is 11.5 Å². The minimum atomic E-state index is -2.98. The lowest BCUT2D eigenvalue weighted by Crippen LogP contribution is -2.59. The maximum absolute atomic E-state index is 11.9. The van der Waals surface area contributed by atoms with Crippen molar-refractivity contribution in [2.45, 2.75) is 18.4 Å². The Kier molecular flexibility index (Phi) is 3.64. The van der Waals surface area contributed by atoms with Crippen molar-refractivity contribution in [3.63, 3.8) is 0 Å². The van der Waals surface area contributed by atoms with E-state index in [9.17, 15) is 8.42 Å². The summed E-state index contributed by atoms with van der Waals surface area (Å²) in [5.41, 5.74) is 6.45. The van der Waals surface area contributed by atoms with Crippen LogP contribution in [0.4, 0.5) is 5.69 Å². The summed E-state index contributed by atoms with van der Waals surface area (Å²) in [6, 6.07) is 9.82. The monoisotopic (exact) mass is 268 g/mol.